The average Bonchev–Trinajstić information content (AvgIpc) is 2.16. The molecule has 0 bridgehead atoms. The molecule has 0 radical (unpaired) electrons. The Morgan fingerprint density at radius 3 is 2.56 bits per heavy atom. The molecule has 1 heterocycles. The fourth-order valence-electron chi connectivity index (χ4n) is 1.51. The summed E-state index contributed by atoms with van der Waals surface area (Å²) >= 11 is 0. The Morgan fingerprint density at radius 2 is 2.00 bits per heavy atom. The van der Waals surface area contributed by atoms with Crippen molar-refractivity contribution >= 4 is 5.82 Å². The molecule has 3 N–H and O–H groups in total. The van der Waals surface area contributed by atoms with Crippen LogP contribution < -0.4 is 11.1 Å². The monoisotopic (exact) mass is 221 g/mol. The number of nitrogens with one attached hydrogen (secondary N) is 1. The van der Waals surface area contributed by atoms with E-state index in [1.165, 1.54) is 5.56 Å². The van der Waals surface area contributed by atoms with Crippen LogP contribution in [0.4, 0.5) is 5.82 Å². The molecule has 0 aliphatic heterocycles. The van der Waals surface area contributed by atoms with E-state index in [9.17, 15) is 0 Å². The average molecular weight is 221 g/mol. The van der Waals surface area contributed by atoms with Gasteiger partial charge in [-0.15, -0.1) is 0 Å². The van der Waals surface area contributed by atoms with Crippen LogP contribution in [0.5, 0.6) is 0 Å². The molecule has 90 valence electrons. The maximum absolute atomic E-state index is 5.82. The van der Waals surface area contributed by atoms with Gasteiger partial charge in [0.25, 0.3) is 0 Å². The first kappa shape index (κ1) is 13.0. The Labute approximate surface area is 98.5 Å². The maximum Gasteiger partial charge on any atom is 0.123 e. The third-order valence-corrected chi connectivity index (χ3v) is 2.43. The summed E-state index contributed by atoms with van der Waals surface area (Å²) < 4.78 is 0. The van der Waals surface area contributed by atoms with E-state index in [2.05, 4.69) is 44.1 Å². The molecule has 0 aliphatic rings. The van der Waals surface area contributed by atoms with Crippen LogP contribution in [-0.2, 0) is 12.0 Å². The third-order valence-electron chi connectivity index (χ3n) is 2.43. The van der Waals surface area contributed by atoms with Gasteiger partial charge < -0.3 is 11.1 Å². The van der Waals surface area contributed by atoms with Gasteiger partial charge in [0, 0.05) is 17.7 Å². The second-order valence-corrected chi connectivity index (χ2v) is 5.21. The lowest BCUT2D eigenvalue weighted by molar-refractivity contribution is 0.567. The number of anilines is 1. The highest BCUT2D eigenvalue weighted by Gasteiger charge is 2.16. The number of hydrogen-bond donors (Lipinski definition) is 2. The van der Waals surface area contributed by atoms with Crippen LogP contribution in [0.3, 0.4) is 0 Å². The summed E-state index contributed by atoms with van der Waals surface area (Å²) in [5.41, 5.74) is 8.14. The van der Waals surface area contributed by atoms with E-state index in [4.69, 9.17) is 5.73 Å². The van der Waals surface area contributed by atoms with E-state index in [-0.39, 0.29) is 5.41 Å². The minimum atomic E-state index is 0.0505. The summed E-state index contributed by atoms with van der Waals surface area (Å²) in [4.78, 5) is 4.38. The molecule has 16 heavy (non-hydrogen) atoms. The normalized spacial score (nSPS) is 11.8. The minimum Gasteiger partial charge on any atom is -0.384 e. The van der Waals surface area contributed by atoms with Crippen molar-refractivity contribution in [2.45, 2.75) is 46.1 Å². The Balaban J connectivity index is 2.82. The Kier molecular flexibility index (Phi) is 4.30. The molecule has 0 amide bonds. The Bertz CT molecular complexity index is 340. The van der Waals surface area contributed by atoms with Crippen molar-refractivity contribution < 1.29 is 0 Å². The van der Waals surface area contributed by atoms with Crippen LogP contribution in [0.25, 0.3) is 0 Å². The van der Waals surface area contributed by atoms with Gasteiger partial charge in [0.05, 0.1) is 0 Å². The summed E-state index contributed by atoms with van der Waals surface area (Å²) in [5.74, 6) is 0.612. The first-order chi connectivity index (χ1) is 7.43. The number of nitrogen functional groups attached to an aromatic ring is 1. The van der Waals surface area contributed by atoms with Gasteiger partial charge in [0.1, 0.15) is 5.82 Å². The zero-order valence-corrected chi connectivity index (χ0v) is 10.8. The van der Waals surface area contributed by atoms with Gasteiger partial charge >= 0.3 is 0 Å². The molecule has 0 fully saturated rings. The number of nitrogens with two attached hydrogens (primary N) is 1. The highest BCUT2D eigenvalue weighted by molar-refractivity contribution is 5.36. The van der Waals surface area contributed by atoms with E-state index in [0.29, 0.717) is 5.82 Å². The summed E-state index contributed by atoms with van der Waals surface area (Å²) in [5, 5.41) is 3.37. The number of rotatable bonds is 4. The zero-order valence-electron chi connectivity index (χ0n) is 10.8. The van der Waals surface area contributed by atoms with Crippen molar-refractivity contribution in [3.63, 3.8) is 0 Å². The molecular formula is C13H23N3. The van der Waals surface area contributed by atoms with Crippen molar-refractivity contribution in [1.29, 1.82) is 0 Å². The highest BCUT2D eigenvalue weighted by Crippen LogP contribution is 2.22. The quantitative estimate of drug-likeness (QED) is 0.768. The first-order valence-corrected chi connectivity index (χ1v) is 5.91. The molecule has 3 nitrogen and oxygen atoms in total. The zero-order chi connectivity index (χ0) is 12.2. The molecule has 1 aromatic heterocycles. The lowest BCUT2D eigenvalue weighted by atomic mass is 9.91. The van der Waals surface area contributed by atoms with E-state index < -0.39 is 0 Å². The predicted octanol–water partition coefficient (Wildman–Crippen LogP) is 2.46. The van der Waals surface area contributed by atoms with Crippen molar-refractivity contribution in [3.8, 4) is 0 Å². The molecule has 0 aliphatic carbocycles. The number of hydrogen-bond acceptors (Lipinski definition) is 3. The van der Waals surface area contributed by atoms with Gasteiger partial charge in [-0.1, -0.05) is 27.7 Å². The summed E-state index contributed by atoms with van der Waals surface area (Å²) in [6.07, 6.45) is 1.15. The van der Waals surface area contributed by atoms with Gasteiger partial charge in [-0.3, -0.25) is 0 Å². The molecule has 0 unspecified atom stereocenters. The first-order valence-electron chi connectivity index (χ1n) is 5.91. The minimum absolute atomic E-state index is 0.0505. The molecule has 3 heteroatoms. The lowest BCUT2D eigenvalue weighted by Gasteiger charge is -2.19. The number of nitrogens with zero attached hydrogens (tertiary/aromatic N) is 1. The second-order valence-electron chi connectivity index (χ2n) is 5.21. The lowest BCUT2D eigenvalue weighted by Crippen LogP contribution is -2.18. The highest BCUT2D eigenvalue weighted by atomic mass is 14.9. The van der Waals surface area contributed by atoms with Crippen LogP contribution in [0.15, 0.2) is 12.1 Å². The standard InChI is InChI=1S/C13H23N3/c1-5-6-15-9-10-7-11(13(2,3)4)16-12(14)8-10/h7-8,15H,5-6,9H2,1-4H3,(H2,14,16). The summed E-state index contributed by atoms with van der Waals surface area (Å²) in [6, 6.07) is 4.08. The van der Waals surface area contributed by atoms with Crippen molar-refractivity contribution in [1.82, 2.24) is 10.3 Å². The third kappa shape index (κ3) is 3.81. The van der Waals surface area contributed by atoms with Crippen LogP contribution in [0.2, 0.25) is 0 Å². The van der Waals surface area contributed by atoms with Crippen LogP contribution >= 0.6 is 0 Å². The Hall–Kier alpha value is -1.09. The van der Waals surface area contributed by atoms with Crippen molar-refractivity contribution in [2.75, 3.05) is 12.3 Å². The van der Waals surface area contributed by atoms with E-state index in [1.54, 1.807) is 0 Å². The maximum atomic E-state index is 5.82. The molecule has 0 atom stereocenters. The smallest absolute Gasteiger partial charge is 0.123 e. The van der Waals surface area contributed by atoms with Gasteiger partial charge in [-0.25, -0.2) is 4.98 Å². The van der Waals surface area contributed by atoms with Gasteiger partial charge in [0.2, 0.25) is 0 Å². The van der Waals surface area contributed by atoms with Crippen molar-refractivity contribution in [3.05, 3.63) is 23.4 Å². The molecule has 0 aromatic carbocycles. The predicted molar refractivity (Wildman–Crippen MR) is 69.3 cm³/mol. The van der Waals surface area contributed by atoms with Crippen molar-refractivity contribution in [2.24, 2.45) is 0 Å². The molecule has 1 rings (SSSR count). The molecule has 0 saturated carbocycles. The summed E-state index contributed by atoms with van der Waals surface area (Å²) in [7, 11) is 0. The summed E-state index contributed by atoms with van der Waals surface area (Å²) in [6.45, 7) is 10.5. The molecule has 0 saturated heterocycles. The SMILES string of the molecule is CCCNCc1cc(N)nc(C(C)(C)C)c1. The second kappa shape index (κ2) is 5.30. The van der Waals surface area contributed by atoms with E-state index in [1.807, 2.05) is 6.07 Å². The van der Waals surface area contributed by atoms with Crippen LogP contribution in [0, 0.1) is 0 Å². The van der Waals surface area contributed by atoms with Crippen LogP contribution in [0.1, 0.15) is 45.4 Å². The number of aromatic nitrogens is 1. The van der Waals surface area contributed by atoms with Gasteiger partial charge in [-0.05, 0) is 30.7 Å². The Morgan fingerprint density at radius 1 is 1.31 bits per heavy atom. The molecule has 0 spiro atoms. The largest absolute Gasteiger partial charge is 0.384 e. The van der Waals surface area contributed by atoms with E-state index >= 15 is 0 Å². The van der Waals surface area contributed by atoms with Gasteiger partial charge in [0.15, 0.2) is 0 Å². The van der Waals surface area contributed by atoms with Crippen LogP contribution in [-0.4, -0.2) is 11.5 Å². The van der Waals surface area contributed by atoms with Gasteiger partial charge in [-0.2, -0.15) is 0 Å². The topological polar surface area (TPSA) is 50.9 Å². The fourth-order valence-corrected chi connectivity index (χ4v) is 1.51. The molecular weight excluding hydrogens is 198 g/mol. The fraction of sp³-hybridized carbons (Fsp3) is 0.615. The molecule has 1 aromatic rings. The van der Waals surface area contributed by atoms with E-state index in [0.717, 1.165) is 25.2 Å². The number of pyridine rings is 1.